The lowest BCUT2D eigenvalue weighted by Crippen LogP contribution is -2.22. The van der Waals surface area contributed by atoms with E-state index in [0.29, 0.717) is 16.0 Å². The van der Waals surface area contributed by atoms with Gasteiger partial charge in [0, 0.05) is 6.07 Å². The first-order valence-electron chi connectivity index (χ1n) is 2.51. The molecule has 0 saturated carbocycles. The second-order valence-electron chi connectivity index (χ2n) is 1.74. The van der Waals surface area contributed by atoms with Crippen molar-refractivity contribution in [1.82, 2.24) is 4.98 Å². The van der Waals surface area contributed by atoms with Crippen LogP contribution in [0.3, 0.4) is 0 Å². The molecule has 0 aliphatic carbocycles. The Morgan fingerprint density at radius 1 is 1.67 bits per heavy atom. The highest BCUT2D eigenvalue weighted by molar-refractivity contribution is 5.63. The number of aromatic nitrogens is 2. The van der Waals surface area contributed by atoms with E-state index in [0.717, 1.165) is 6.39 Å². The van der Waals surface area contributed by atoms with Crippen molar-refractivity contribution in [1.29, 1.82) is 0 Å². The highest BCUT2D eigenvalue weighted by Crippen LogP contribution is 2.05. The van der Waals surface area contributed by atoms with E-state index in [1.165, 1.54) is 0 Å². The van der Waals surface area contributed by atoms with Gasteiger partial charge < -0.3 is 9.62 Å². The number of oxazole rings is 1. The Morgan fingerprint density at radius 3 is 3.33 bits per heavy atom. The smallest absolute Gasteiger partial charge is 0.328 e. The molecule has 0 aliphatic rings. The van der Waals surface area contributed by atoms with Gasteiger partial charge in [0.25, 0.3) is 6.39 Å². The molecule has 0 fully saturated rings. The summed E-state index contributed by atoms with van der Waals surface area (Å²) in [6.07, 6.45) is 2.77. The molecule has 0 unspecified atom stereocenters. The van der Waals surface area contributed by atoms with Crippen molar-refractivity contribution in [3.63, 3.8) is 0 Å². The van der Waals surface area contributed by atoms with Crippen LogP contribution in [0.5, 0.6) is 0 Å². The molecular weight excluding hydrogens is 120 g/mol. The molecule has 0 atom stereocenters. The Bertz CT molecular complexity index is 322. The first kappa shape index (κ1) is 4.43. The summed E-state index contributed by atoms with van der Waals surface area (Å²) in [5.41, 5.74) is 1.06. The summed E-state index contributed by atoms with van der Waals surface area (Å²) < 4.78 is 5.46. The summed E-state index contributed by atoms with van der Waals surface area (Å²) in [6, 6.07) is 1.70. The maximum absolute atomic E-state index is 10.6. The molecule has 0 aromatic carbocycles. The quantitative estimate of drug-likeness (QED) is 0.408. The second kappa shape index (κ2) is 1.28. The largest absolute Gasteiger partial charge is 0.708 e. The minimum absolute atomic E-state index is 0.468. The predicted octanol–water partition coefficient (Wildman–Crippen LogP) is 0.394. The Morgan fingerprint density at radius 2 is 2.56 bits per heavy atom. The number of rotatable bonds is 0. The molecule has 0 bridgehead atoms. The molecule has 4 nitrogen and oxygen atoms in total. The molecule has 46 valence electrons. The van der Waals surface area contributed by atoms with E-state index in [-0.39, 0.29) is 0 Å². The SMILES string of the molecule is [O-][n+]1coc2cc[nH]c21. The number of aromatic amines is 1. The fourth-order valence-corrected chi connectivity index (χ4v) is 0.771. The minimum Gasteiger partial charge on any atom is -0.708 e. The van der Waals surface area contributed by atoms with Crippen molar-refractivity contribution in [2.45, 2.75) is 0 Å². The van der Waals surface area contributed by atoms with E-state index in [2.05, 4.69) is 4.98 Å². The third-order valence-electron chi connectivity index (χ3n) is 1.18. The number of nitrogens with zero attached hydrogens (tertiary/aromatic N) is 1. The molecule has 0 aliphatic heterocycles. The zero-order valence-electron chi connectivity index (χ0n) is 4.50. The third kappa shape index (κ3) is 0.440. The zero-order valence-corrected chi connectivity index (χ0v) is 4.50. The van der Waals surface area contributed by atoms with E-state index in [1.807, 2.05) is 0 Å². The Hall–Kier alpha value is -1.45. The molecular formula is C5H4N2O2. The Balaban J connectivity index is 2.99. The molecule has 0 saturated heterocycles. The van der Waals surface area contributed by atoms with Crippen LogP contribution in [0.2, 0.25) is 0 Å². The van der Waals surface area contributed by atoms with Crippen LogP contribution < -0.4 is 4.73 Å². The van der Waals surface area contributed by atoms with Crippen molar-refractivity contribution < 1.29 is 9.15 Å². The molecule has 0 radical (unpaired) electrons. The van der Waals surface area contributed by atoms with Gasteiger partial charge in [0.15, 0.2) is 0 Å². The molecule has 0 amide bonds. The summed E-state index contributed by atoms with van der Waals surface area (Å²) in [7, 11) is 0. The van der Waals surface area contributed by atoms with Crippen molar-refractivity contribution in [3.8, 4) is 0 Å². The summed E-state index contributed by atoms with van der Waals surface area (Å²) in [4.78, 5) is 2.72. The van der Waals surface area contributed by atoms with Crippen molar-refractivity contribution in [2.75, 3.05) is 0 Å². The lowest BCUT2D eigenvalue weighted by atomic mass is 10.6. The van der Waals surface area contributed by atoms with E-state index < -0.39 is 0 Å². The maximum Gasteiger partial charge on any atom is 0.328 e. The molecule has 0 spiro atoms. The van der Waals surface area contributed by atoms with Crippen LogP contribution in [0, 0.1) is 5.21 Å². The molecule has 1 N–H and O–H groups in total. The average molecular weight is 124 g/mol. The molecule has 9 heavy (non-hydrogen) atoms. The molecule has 2 rings (SSSR count). The fraction of sp³-hybridized carbons (Fsp3) is 0. The van der Waals surface area contributed by atoms with E-state index in [4.69, 9.17) is 4.42 Å². The van der Waals surface area contributed by atoms with Gasteiger partial charge in [-0.1, -0.05) is 0 Å². The van der Waals surface area contributed by atoms with Crippen LogP contribution in [0.4, 0.5) is 0 Å². The van der Waals surface area contributed by atoms with Crippen molar-refractivity contribution in [3.05, 3.63) is 23.9 Å². The first-order valence-corrected chi connectivity index (χ1v) is 2.51. The van der Waals surface area contributed by atoms with E-state index >= 15 is 0 Å². The minimum atomic E-state index is 0.468. The number of H-pyrrole nitrogens is 1. The van der Waals surface area contributed by atoms with Crippen LogP contribution >= 0.6 is 0 Å². The topological polar surface area (TPSA) is 55.9 Å². The van der Waals surface area contributed by atoms with Gasteiger partial charge >= 0.3 is 5.65 Å². The molecule has 2 heterocycles. The van der Waals surface area contributed by atoms with Crippen LogP contribution in [0.1, 0.15) is 0 Å². The van der Waals surface area contributed by atoms with Crippen LogP contribution in [-0.2, 0) is 0 Å². The normalized spacial score (nSPS) is 10.7. The Labute approximate surface area is 50.3 Å². The standard InChI is InChI=1S/C5H4N2O2/c8-7-3-9-4-1-2-6-5(4)7/h1-3,6H. The second-order valence-corrected chi connectivity index (χ2v) is 1.74. The summed E-state index contributed by atoms with van der Waals surface area (Å²) in [5.74, 6) is 0. The summed E-state index contributed by atoms with van der Waals surface area (Å²) in [5, 5.41) is 10.6. The van der Waals surface area contributed by atoms with Gasteiger partial charge in [-0.2, -0.15) is 0 Å². The average Bonchev–Trinajstić information content (AvgIpc) is 2.35. The number of hydrogen-bond donors (Lipinski definition) is 1. The summed E-state index contributed by atoms with van der Waals surface area (Å²) in [6.45, 7) is 0. The Kier molecular flexibility index (Phi) is 0.631. The molecule has 4 heteroatoms. The monoisotopic (exact) mass is 124 g/mol. The first-order chi connectivity index (χ1) is 4.38. The number of fused-ring (bicyclic) bond motifs is 1. The van der Waals surface area contributed by atoms with Gasteiger partial charge in [-0.3, -0.25) is 0 Å². The van der Waals surface area contributed by atoms with Gasteiger partial charge in [0.05, 0.1) is 6.20 Å². The molecule has 2 aromatic heterocycles. The maximum atomic E-state index is 10.6. The fourth-order valence-electron chi connectivity index (χ4n) is 0.771. The van der Waals surface area contributed by atoms with Crippen LogP contribution in [0.25, 0.3) is 11.2 Å². The van der Waals surface area contributed by atoms with E-state index in [1.54, 1.807) is 12.3 Å². The predicted molar refractivity (Wildman–Crippen MR) is 29.5 cm³/mol. The van der Waals surface area contributed by atoms with Crippen molar-refractivity contribution >= 4 is 11.2 Å². The number of nitrogens with one attached hydrogen (secondary N) is 1. The van der Waals surface area contributed by atoms with Crippen LogP contribution in [0.15, 0.2) is 23.1 Å². The van der Waals surface area contributed by atoms with Gasteiger partial charge in [-0.25, -0.2) is 9.71 Å². The van der Waals surface area contributed by atoms with Gasteiger partial charge in [-0.15, -0.1) is 0 Å². The molecule has 2 aromatic rings. The number of hydrogen-bond acceptors (Lipinski definition) is 2. The van der Waals surface area contributed by atoms with Crippen molar-refractivity contribution in [2.24, 2.45) is 0 Å². The highest BCUT2D eigenvalue weighted by atomic mass is 16.5. The van der Waals surface area contributed by atoms with Crippen LogP contribution in [-0.4, -0.2) is 4.98 Å². The highest BCUT2D eigenvalue weighted by Gasteiger charge is 2.04. The van der Waals surface area contributed by atoms with Gasteiger partial charge in [0.1, 0.15) is 0 Å². The van der Waals surface area contributed by atoms with Gasteiger partial charge in [-0.05, 0) is 0 Å². The lowest BCUT2D eigenvalue weighted by Gasteiger charge is -1.88. The summed E-state index contributed by atoms with van der Waals surface area (Å²) >= 11 is 0. The lowest BCUT2D eigenvalue weighted by molar-refractivity contribution is -0.584. The van der Waals surface area contributed by atoms with E-state index in [9.17, 15) is 5.21 Å². The van der Waals surface area contributed by atoms with Gasteiger partial charge in [0.2, 0.25) is 5.58 Å². The third-order valence-corrected chi connectivity index (χ3v) is 1.18. The zero-order chi connectivity index (χ0) is 6.27.